The summed E-state index contributed by atoms with van der Waals surface area (Å²) in [5.74, 6) is 0.514. The maximum Gasteiger partial charge on any atom is 0.221 e. The third kappa shape index (κ3) is 3.64. The highest BCUT2D eigenvalue weighted by atomic mass is 79.9. The van der Waals surface area contributed by atoms with Gasteiger partial charge in [-0.2, -0.15) is 5.10 Å². The summed E-state index contributed by atoms with van der Waals surface area (Å²) >= 11 is 3.56. The van der Waals surface area contributed by atoms with Gasteiger partial charge in [0.1, 0.15) is 12.4 Å². The standard InChI is InChI=1S/C15H18BrN3O2/c1-4-11-15(16)13(19(3)18-11)9-21-14-8-6-5-7-12(14)17-10(2)20/h5-8H,4,9H2,1-3H3,(H,17,20). The monoisotopic (exact) mass is 351 g/mol. The Morgan fingerprint density at radius 3 is 2.76 bits per heavy atom. The lowest BCUT2D eigenvalue weighted by Gasteiger charge is -2.12. The Balaban J connectivity index is 2.17. The number of hydrogen-bond acceptors (Lipinski definition) is 3. The largest absolute Gasteiger partial charge is 0.485 e. The Bertz CT molecular complexity index is 652. The molecule has 0 spiro atoms. The third-order valence-electron chi connectivity index (χ3n) is 3.07. The smallest absolute Gasteiger partial charge is 0.221 e. The van der Waals surface area contributed by atoms with E-state index in [1.807, 2.05) is 36.0 Å². The van der Waals surface area contributed by atoms with E-state index in [2.05, 4.69) is 33.3 Å². The molecule has 1 aromatic carbocycles. The van der Waals surface area contributed by atoms with Gasteiger partial charge in [0.15, 0.2) is 0 Å². The molecule has 0 saturated heterocycles. The Labute approximate surface area is 132 Å². The second kappa shape index (κ2) is 6.76. The molecule has 0 bridgehead atoms. The summed E-state index contributed by atoms with van der Waals surface area (Å²) in [7, 11) is 1.89. The normalized spacial score (nSPS) is 10.5. The van der Waals surface area contributed by atoms with Gasteiger partial charge in [0.2, 0.25) is 5.91 Å². The van der Waals surface area contributed by atoms with Crippen LogP contribution in [0.2, 0.25) is 0 Å². The van der Waals surface area contributed by atoms with Crippen molar-refractivity contribution in [2.24, 2.45) is 7.05 Å². The van der Waals surface area contributed by atoms with Gasteiger partial charge in [-0.1, -0.05) is 19.1 Å². The summed E-state index contributed by atoms with van der Waals surface area (Å²) in [6.45, 7) is 3.91. The highest BCUT2D eigenvalue weighted by Crippen LogP contribution is 2.27. The highest BCUT2D eigenvalue weighted by Gasteiger charge is 2.14. The number of carbonyl (C=O) groups excluding carboxylic acids is 1. The van der Waals surface area contributed by atoms with Gasteiger partial charge >= 0.3 is 0 Å². The Kier molecular flexibility index (Phi) is 5.01. The van der Waals surface area contributed by atoms with Gasteiger partial charge in [0.05, 0.1) is 21.5 Å². The number of nitrogens with one attached hydrogen (secondary N) is 1. The minimum Gasteiger partial charge on any atom is -0.485 e. The zero-order valence-corrected chi connectivity index (χ0v) is 13.9. The topological polar surface area (TPSA) is 56.1 Å². The summed E-state index contributed by atoms with van der Waals surface area (Å²) < 4.78 is 8.62. The van der Waals surface area contributed by atoms with Crippen LogP contribution in [0.4, 0.5) is 5.69 Å². The molecular formula is C15H18BrN3O2. The molecule has 1 aromatic heterocycles. The van der Waals surface area contributed by atoms with Crippen molar-refractivity contribution in [2.75, 3.05) is 5.32 Å². The summed E-state index contributed by atoms with van der Waals surface area (Å²) in [5.41, 5.74) is 2.63. The molecular weight excluding hydrogens is 334 g/mol. The first-order chi connectivity index (χ1) is 10.0. The summed E-state index contributed by atoms with van der Waals surface area (Å²) in [5, 5.41) is 7.19. The summed E-state index contributed by atoms with van der Waals surface area (Å²) in [6, 6.07) is 7.37. The Morgan fingerprint density at radius 2 is 2.14 bits per heavy atom. The molecule has 0 fully saturated rings. The van der Waals surface area contributed by atoms with Crippen LogP contribution in [-0.2, 0) is 24.9 Å². The lowest BCUT2D eigenvalue weighted by molar-refractivity contribution is -0.114. The molecule has 1 N–H and O–H groups in total. The number of aryl methyl sites for hydroxylation is 2. The molecule has 0 radical (unpaired) electrons. The van der Waals surface area contributed by atoms with E-state index in [9.17, 15) is 4.79 Å². The van der Waals surface area contributed by atoms with E-state index in [1.165, 1.54) is 6.92 Å². The second-order valence-electron chi connectivity index (χ2n) is 4.65. The lowest BCUT2D eigenvalue weighted by atomic mass is 10.3. The number of aromatic nitrogens is 2. The number of rotatable bonds is 5. The van der Waals surface area contributed by atoms with E-state index in [4.69, 9.17) is 4.74 Å². The number of para-hydroxylation sites is 2. The van der Waals surface area contributed by atoms with Gasteiger partial charge in [-0.05, 0) is 34.5 Å². The predicted octanol–water partition coefficient (Wildman–Crippen LogP) is 3.28. The molecule has 0 saturated carbocycles. The molecule has 0 aliphatic carbocycles. The van der Waals surface area contributed by atoms with Crippen LogP contribution >= 0.6 is 15.9 Å². The van der Waals surface area contributed by atoms with Crippen molar-refractivity contribution in [3.8, 4) is 5.75 Å². The van der Waals surface area contributed by atoms with Crippen LogP contribution < -0.4 is 10.1 Å². The number of benzene rings is 1. The van der Waals surface area contributed by atoms with Crippen LogP contribution in [0.3, 0.4) is 0 Å². The fourth-order valence-electron chi connectivity index (χ4n) is 2.01. The van der Waals surface area contributed by atoms with Crippen LogP contribution in [0, 0.1) is 0 Å². The van der Waals surface area contributed by atoms with E-state index >= 15 is 0 Å². The zero-order chi connectivity index (χ0) is 15.4. The molecule has 0 aliphatic heterocycles. The zero-order valence-electron chi connectivity index (χ0n) is 12.3. The maximum atomic E-state index is 11.2. The maximum absolute atomic E-state index is 11.2. The minimum atomic E-state index is -0.124. The molecule has 112 valence electrons. The van der Waals surface area contributed by atoms with Gasteiger partial charge in [0, 0.05) is 14.0 Å². The molecule has 0 unspecified atom stereocenters. The van der Waals surface area contributed by atoms with Crippen molar-refractivity contribution < 1.29 is 9.53 Å². The van der Waals surface area contributed by atoms with Crippen molar-refractivity contribution in [3.05, 3.63) is 40.1 Å². The Morgan fingerprint density at radius 1 is 1.43 bits per heavy atom. The van der Waals surface area contributed by atoms with Gasteiger partial charge in [-0.25, -0.2) is 0 Å². The fraction of sp³-hybridized carbons (Fsp3) is 0.333. The SMILES string of the molecule is CCc1nn(C)c(COc2ccccc2NC(C)=O)c1Br. The molecule has 0 aliphatic rings. The van der Waals surface area contributed by atoms with Gasteiger partial charge in [-0.15, -0.1) is 0 Å². The van der Waals surface area contributed by atoms with Crippen LogP contribution in [0.15, 0.2) is 28.7 Å². The minimum absolute atomic E-state index is 0.124. The number of amides is 1. The molecule has 5 nitrogen and oxygen atoms in total. The molecule has 21 heavy (non-hydrogen) atoms. The van der Waals surface area contributed by atoms with Crippen LogP contribution in [0.25, 0.3) is 0 Å². The number of hydrogen-bond donors (Lipinski definition) is 1. The van der Waals surface area contributed by atoms with E-state index in [1.54, 1.807) is 0 Å². The Hall–Kier alpha value is -1.82. The molecule has 2 rings (SSSR count). The average molecular weight is 352 g/mol. The summed E-state index contributed by atoms with van der Waals surface area (Å²) in [6.07, 6.45) is 0.858. The number of carbonyl (C=O) groups is 1. The first kappa shape index (κ1) is 15.6. The molecule has 0 atom stereocenters. The first-order valence-electron chi connectivity index (χ1n) is 6.72. The van der Waals surface area contributed by atoms with E-state index in [-0.39, 0.29) is 5.91 Å². The third-order valence-corrected chi connectivity index (χ3v) is 3.98. The predicted molar refractivity (Wildman–Crippen MR) is 85.4 cm³/mol. The fourth-order valence-corrected chi connectivity index (χ4v) is 2.74. The lowest BCUT2D eigenvalue weighted by Crippen LogP contribution is -2.09. The van der Waals surface area contributed by atoms with E-state index in [0.717, 1.165) is 22.3 Å². The molecule has 1 amide bonds. The second-order valence-corrected chi connectivity index (χ2v) is 5.44. The van der Waals surface area contributed by atoms with Crippen LogP contribution in [-0.4, -0.2) is 15.7 Å². The molecule has 2 aromatic rings. The van der Waals surface area contributed by atoms with Gasteiger partial charge in [0.25, 0.3) is 0 Å². The van der Waals surface area contributed by atoms with Gasteiger partial charge in [-0.3, -0.25) is 9.48 Å². The number of ether oxygens (including phenoxy) is 1. The molecule has 6 heteroatoms. The van der Waals surface area contributed by atoms with Crippen molar-refractivity contribution in [2.45, 2.75) is 26.9 Å². The van der Waals surface area contributed by atoms with Crippen molar-refractivity contribution in [1.29, 1.82) is 0 Å². The first-order valence-corrected chi connectivity index (χ1v) is 7.51. The quantitative estimate of drug-likeness (QED) is 0.899. The average Bonchev–Trinajstić information content (AvgIpc) is 2.72. The van der Waals surface area contributed by atoms with E-state index < -0.39 is 0 Å². The van der Waals surface area contributed by atoms with Crippen molar-refractivity contribution >= 4 is 27.5 Å². The van der Waals surface area contributed by atoms with Gasteiger partial charge < -0.3 is 10.1 Å². The number of halogens is 1. The van der Waals surface area contributed by atoms with Crippen LogP contribution in [0.1, 0.15) is 25.2 Å². The number of anilines is 1. The molecule has 1 heterocycles. The van der Waals surface area contributed by atoms with Crippen molar-refractivity contribution in [1.82, 2.24) is 9.78 Å². The van der Waals surface area contributed by atoms with Crippen molar-refractivity contribution in [3.63, 3.8) is 0 Å². The number of nitrogens with zero attached hydrogens (tertiary/aromatic N) is 2. The highest BCUT2D eigenvalue weighted by molar-refractivity contribution is 9.10. The summed E-state index contributed by atoms with van der Waals surface area (Å²) in [4.78, 5) is 11.2. The van der Waals surface area contributed by atoms with E-state index in [0.29, 0.717) is 18.0 Å². The van der Waals surface area contributed by atoms with Crippen LogP contribution in [0.5, 0.6) is 5.75 Å².